The maximum absolute atomic E-state index is 14.6. The van der Waals surface area contributed by atoms with E-state index in [9.17, 15) is 8.78 Å². The summed E-state index contributed by atoms with van der Waals surface area (Å²) in [6.07, 6.45) is 1.76. The normalized spacial score (nSPS) is 13.8. The van der Waals surface area contributed by atoms with Crippen molar-refractivity contribution in [3.63, 3.8) is 0 Å². The third-order valence-electron chi connectivity index (χ3n) is 4.31. The molecule has 4 rings (SSSR count). The van der Waals surface area contributed by atoms with Crippen LogP contribution in [0, 0.1) is 11.6 Å². The molecule has 2 heterocycles. The van der Waals surface area contributed by atoms with Gasteiger partial charge in [0.2, 0.25) is 5.95 Å². The number of anilines is 3. The molecule has 1 aliphatic heterocycles. The van der Waals surface area contributed by atoms with Gasteiger partial charge in [0, 0.05) is 16.7 Å². The maximum atomic E-state index is 14.6. The molecular formula is C17H14BrF2N5. The van der Waals surface area contributed by atoms with Crippen LogP contribution in [0.2, 0.25) is 0 Å². The van der Waals surface area contributed by atoms with E-state index in [0.717, 1.165) is 34.6 Å². The second kappa shape index (κ2) is 6.20. The summed E-state index contributed by atoms with van der Waals surface area (Å²) in [6, 6.07) is 8.29. The fraction of sp³-hybridized carbons (Fsp3) is 0.176. The van der Waals surface area contributed by atoms with Gasteiger partial charge in [0.05, 0.1) is 10.9 Å². The van der Waals surface area contributed by atoms with Crippen molar-refractivity contribution in [2.24, 2.45) is 5.84 Å². The van der Waals surface area contributed by atoms with Gasteiger partial charge in [-0.2, -0.15) is 4.98 Å². The van der Waals surface area contributed by atoms with Crippen molar-refractivity contribution in [1.29, 1.82) is 0 Å². The van der Waals surface area contributed by atoms with Gasteiger partial charge in [-0.1, -0.05) is 22.0 Å². The number of hydrogen-bond acceptors (Lipinski definition) is 5. The first-order valence-electron chi connectivity index (χ1n) is 7.77. The zero-order valence-corrected chi connectivity index (χ0v) is 14.6. The van der Waals surface area contributed by atoms with Crippen LogP contribution < -0.4 is 16.2 Å². The number of hydrogen-bond donors (Lipinski definition) is 2. The van der Waals surface area contributed by atoms with Crippen LogP contribution in [0.15, 0.2) is 34.8 Å². The smallest absolute Gasteiger partial charge is 0.239 e. The Morgan fingerprint density at radius 3 is 2.80 bits per heavy atom. The monoisotopic (exact) mass is 405 g/mol. The van der Waals surface area contributed by atoms with Gasteiger partial charge in [0.1, 0.15) is 5.82 Å². The van der Waals surface area contributed by atoms with Gasteiger partial charge in [0.25, 0.3) is 0 Å². The zero-order valence-electron chi connectivity index (χ0n) is 13.1. The SMILES string of the molecule is NNc1nc(N2CCCc3c(Br)cccc32)c2c(F)c(F)ccc2n1. The van der Waals surface area contributed by atoms with E-state index < -0.39 is 11.6 Å². The van der Waals surface area contributed by atoms with Crippen molar-refractivity contribution in [3.05, 3.63) is 52.0 Å². The topological polar surface area (TPSA) is 67.1 Å². The predicted molar refractivity (Wildman–Crippen MR) is 96.7 cm³/mol. The molecule has 5 nitrogen and oxygen atoms in total. The minimum atomic E-state index is -0.960. The maximum Gasteiger partial charge on any atom is 0.239 e. The fourth-order valence-corrected chi connectivity index (χ4v) is 3.76. The number of hydrazine groups is 1. The van der Waals surface area contributed by atoms with Gasteiger partial charge in [0.15, 0.2) is 11.6 Å². The molecule has 0 spiro atoms. The molecule has 0 atom stereocenters. The third kappa shape index (κ3) is 2.61. The Labute approximate surface area is 151 Å². The second-order valence-electron chi connectivity index (χ2n) is 5.76. The van der Waals surface area contributed by atoms with E-state index in [1.54, 1.807) is 0 Å². The lowest BCUT2D eigenvalue weighted by Crippen LogP contribution is -2.27. The number of fused-ring (bicyclic) bond motifs is 2. The number of nitrogens with one attached hydrogen (secondary N) is 1. The molecule has 2 aromatic carbocycles. The summed E-state index contributed by atoms with van der Waals surface area (Å²) in [5.41, 5.74) is 4.70. The van der Waals surface area contributed by atoms with E-state index in [2.05, 4.69) is 31.3 Å². The van der Waals surface area contributed by atoms with Gasteiger partial charge in [-0.15, -0.1) is 0 Å². The molecule has 0 unspecified atom stereocenters. The molecular weight excluding hydrogens is 392 g/mol. The van der Waals surface area contributed by atoms with Crippen LogP contribution in [0.1, 0.15) is 12.0 Å². The highest BCUT2D eigenvalue weighted by Gasteiger charge is 2.25. The van der Waals surface area contributed by atoms with Crippen molar-refractivity contribution in [3.8, 4) is 0 Å². The number of benzene rings is 2. The molecule has 0 radical (unpaired) electrons. The van der Waals surface area contributed by atoms with E-state index in [1.807, 2.05) is 23.1 Å². The summed E-state index contributed by atoms with van der Waals surface area (Å²) in [5, 5.41) is 0.0480. The van der Waals surface area contributed by atoms with E-state index in [0.29, 0.717) is 17.9 Å². The molecule has 3 aromatic rings. The lowest BCUT2D eigenvalue weighted by molar-refractivity contribution is 0.516. The number of halogens is 3. The van der Waals surface area contributed by atoms with E-state index in [-0.39, 0.29) is 11.3 Å². The Hall–Kier alpha value is -2.32. The Bertz CT molecular complexity index is 979. The molecule has 0 fully saturated rings. The quantitative estimate of drug-likeness (QED) is 0.497. The first-order valence-corrected chi connectivity index (χ1v) is 8.56. The average molecular weight is 406 g/mol. The Balaban J connectivity index is 2.02. The molecule has 0 saturated heterocycles. The second-order valence-corrected chi connectivity index (χ2v) is 6.62. The van der Waals surface area contributed by atoms with Crippen molar-refractivity contribution >= 4 is 44.3 Å². The standard InChI is InChI=1S/C17H14BrF2N5/c18-10-4-1-5-13-9(10)3-2-8-25(13)16-14-12(22-17(23-16)24-21)7-6-11(19)15(14)20/h1,4-7H,2-3,8,21H2,(H,22,23,24). The zero-order chi connectivity index (χ0) is 17.6. The summed E-state index contributed by atoms with van der Waals surface area (Å²) >= 11 is 3.56. The number of nitrogens with zero attached hydrogens (tertiary/aromatic N) is 3. The van der Waals surface area contributed by atoms with Crippen LogP contribution in [-0.2, 0) is 6.42 Å². The molecule has 0 amide bonds. The molecule has 128 valence electrons. The highest BCUT2D eigenvalue weighted by atomic mass is 79.9. The van der Waals surface area contributed by atoms with Crippen LogP contribution in [0.5, 0.6) is 0 Å². The average Bonchev–Trinajstić information content (AvgIpc) is 2.64. The third-order valence-corrected chi connectivity index (χ3v) is 5.06. The molecule has 0 saturated carbocycles. The van der Waals surface area contributed by atoms with Gasteiger partial charge < -0.3 is 4.90 Å². The number of aromatic nitrogens is 2. The Morgan fingerprint density at radius 2 is 2.00 bits per heavy atom. The van der Waals surface area contributed by atoms with Crippen LogP contribution in [0.25, 0.3) is 10.9 Å². The molecule has 3 N–H and O–H groups in total. The van der Waals surface area contributed by atoms with Crippen molar-refractivity contribution in [1.82, 2.24) is 9.97 Å². The van der Waals surface area contributed by atoms with Crippen LogP contribution in [0.4, 0.5) is 26.2 Å². The molecule has 1 aromatic heterocycles. The van der Waals surface area contributed by atoms with Crippen LogP contribution in [-0.4, -0.2) is 16.5 Å². The van der Waals surface area contributed by atoms with Crippen LogP contribution >= 0.6 is 15.9 Å². The largest absolute Gasteiger partial charge is 0.325 e. The van der Waals surface area contributed by atoms with Crippen molar-refractivity contribution in [2.75, 3.05) is 16.9 Å². The summed E-state index contributed by atoms with van der Waals surface area (Å²) in [4.78, 5) is 10.4. The highest BCUT2D eigenvalue weighted by Crippen LogP contribution is 2.39. The molecule has 1 aliphatic rings. The fourth-order valence-electron chi connectivity index (χ4n) is 3.20. The van der Waals surface area contributed by atoms with Crippen molar-refractivity contribution < 1.29 is 8.78 Å². The predicted octanol–water partition coefficient (Wildman–Crippen LogP) is 4.04. The summed E-state index contributed by atoms with van der Waals surface area (Å²) in [6.45, 7) is 0.634. The number of nitrogen functional groups attached to an aromatic ring is 1. The van der Waals surface area contributed by atoms with Crippen molar-refractivity contribution in [2.45, 2.75) is 12.8 Å². The van der Waals surface area contributed by atoms with E-state index in [4.69, 9.17) is 5.84 Å². The lowest BCUT2D eigenvalue weighted by atomic mass is 10.0. The summed E-state index contributed by atoms with van der Waals surface area (Å²) in [5.74, 6) is 4.01. The van der Waals surface area contributed by atoms with E-state index in [1.165, 1.54) is 6.07 Å². The summed E-state index contributed by atoms with van der Waals surface area (Å²) in [7, 11) is 0. The van der Waals surface area contributed by atoms with Crippen LogP contribution in [0.3, 0.4) is 0 Å². The van der Waals surface area contributed by atoms with Gasteiger partial charge in [-0.05, 0) is 42.7 Å². The molecule has 0 aliphatic carbocycles. The first kappa shape index (κ1) is 16.2. The Morgan fingerprint density at radius 1 is 1.16 bits per heavy atom. The minimum Gasteiger partial charge on any atom is -0.325 e. The molecule has 8 heteroatoms. The summed E-state index contributed by atoms with van der Waals surface area (Å²) < 4.78 is 29.4. The number of nitrogens with two attached hydrogens (primary N) is 1. The lowest BCUT2D eigenvalue weighted by Gasteiger charge is -2.32. The Kier molecular flexibility index (Phi) is 4.01. The van der Waals surface area contributed by atoms with Gasteiger partial charge >= 0.3 is 0 Å². The van der Waals surface area contributed by atoms with Gasteiger partial charge in [-0.3, -0.25) is 5.43 Å². The van der Waals surface area contributed by atoms with E-state index >= 15 is 0 Å². The highest BCUT2D eigenvalue weighted by molar-refractivity contribution is 9.10. The molecule has 25 heavy (non-hydrogen) atoms. The first-order chi connectivity index (χ1) is 12.1. The van der Waals surface area contributed by atoms with Gasteiger partial charge in [-0.25, -0.2) is 19.6 Å². The minimum absolute atomic E-state index is 0.0480. The molecule has 0 bridgehead atoms. The number of rotatable bonds is 2.